The second-order valence-corrected chi connectivity index (χ2v) is 3.38. The third kappa shape index (κ3) is 8.48. The highest BCUT2D eigenvalue weighted by molar-refractivity contribution is 4.65. The first-order valence-corrected chi connectivity index (χ1v) is 5.65. The Hall–Kier alpha value is -0.120. The van der Waals surface area contributed by atoms with Gasteiger partial charge in [-0.3, -0.25) is 0 Å². The van der Waals surface area contributed by atoms with Crippen LogP contribution in [0.15, 0.2) is 0 Å². The third-order valence-electron chi connectivity index (χ3n) is 2.21. The lowest BCUT2D eigenvalue weighted by atomic mass is 10.1. The van der Waals surface area contributed by atoms with Gasteiger partial charge in [-0.25, -0.2) is 0 Å². The van der Waals surface area contributed by atoms with Crippen LogP contribution >= 0.6 is 0 Å². The van der Waals surface area contributed by atoms with Crippen LogP contribution in [0.5, 0.6) is 0 Å². The van der Waals surface area contributed by atoms with Crippen molar-refractivity contribution in [2.75, 3.05) is 33.5 Å². The van der Waals surface area contributed by atoms with Crippen LogP contribution in [0.2, 0.25) is 0 Å². The van der Waals surface area contributed by atoms with Gasteiger partial charge in [0, 0.05) is 33.0 Å². The van der Waals surface area contributed by atoms with Gasteiger partial charge in [0.2, 0.25) is 0 Å². The Bertz CT molecular complexity index is 99.5. The summed E-state index contributed by atoms with van der Waals surface area (Å²) in [5.41, 5.74) is 0. The fourth-order valence-corrected chi connectivity index (χ4v) is 1.48. The zero-order valence-corrected chi connectivity index (χ0v) is 9.84. The van der Waals surface area contributed by atoms with Gasteiger partial charge >= 0.3 is 0 Å². The average molecular weight is 203 g/mol. The van der Waals surface area contributed by atoms with Crippen LogP contribution in [0.3, 0.4) is 0 Å². The summed E-state index contributed by atoms with van der Waals surface area (Å²) in [5, 5.41) is 3.46. The van der Waals surface area contributed by atoms with Crippen molar-refractivity contribution in [2.45, 2.75) is 39.2 Å². The first-order valence-electron chi connectivity index (χ1n) is 5.65. The monoisotopic (exact) mass is 203 g/mol. The SMILES string of the molecule is CCNC(CCCOC)CCOCC. The van der Waals surface area contributed by atoms with Crippen LogP contribution in [0, 0.1) is 0 Å². The van der Waals surface area contributed by atoms with E-state index in [1.165, 1.54) is 6.42 Å². The summed E-state index contributed by atoms with van der Waals surface area (Å²) in [4.78, 5) is 0. The van der Waals surface area contributed by atoms with Crippen molar-refractivity contribution in [3.63, 3.8) is 0 Å². The first-order chi connectivity index (χ1) is 6.85. The summed E-state index contributed by atoms with van der Waals surface area (Å²) in [7, 11) is 1.75. The molecule has 0 bridgehead atoms. The quantitative estimate of drug-likeness (QED) is 0.549. The van der Waals surface area contributed by atoms with E-state index in [0.29, 0.717) is 6.04 Å². The van der Waals surface area contributed by atoms with E-state index in [1.807, 2.05) is 6.92 Å². The van der Waals surface area contributed by atoms with E-state index in [9.17, 15) is 0 Å². The van der Waals surface area contributed by atoms with E-state index in [0.717, 1.165) is 39.2 Å². The average Bonchev–Trinajstić information content (AvgIpc) is 2.18. The molecular formula is C11H25NO2. The summed E-state index contributed by atoms with van der Waals surface area (Å²) in [6, 6.07) is 0.585. The molecule has 0 aliphatic carbocycles. The topological polar surface area (TPSA) is 30.5 Å². The van der Waals surface area contributed by atoms with Gasteiger partial charge < -0.3 is 14.8 Å². The van der Waals surface area contributed by atoms with Crippen LogP contribution in [0.1, 0.15) is 33.1 Å². The lowest BCUT2D eigenvalue weighted by Gasteiger charge is -2.17. The standard InChI is InChI=1S/C11H25NO2/c1-4-12-11(7-6-9-13-3)8-10-14-5-2/h11-12H,4-10H2,1-3H3. The lowest BCUT2D eigenvalue weighted by molar-refractivity contribution is 0.132. The van der Waals surface area contributed by atoms with Crippen molar-refractivity contribution >= 4 is 0 Å². The molecule has 0 spiro atoms. The zero-order chi connectivity index (χ0) is 10.6. The Labute approximate surface area is 88.2 Å². The molecule has 3 nitrogen and oxygen atoms in total. The van der Waals surface area contributed by atoms with Gasteiger partial charge in [0.1, 0.15) is 0 Å². The van der Waals surface area contributed by atoms with Crippen LogP contribution < -0.4 is 5.32 Å². The highest BCUT2D eigenvalue weighted by Gasteiger charge is 2.06. The second kappa shape index (κ2) is 11.0. The molecule has 1 atom stereocenters. The van der Waals surface area contributed by atoms with Crippen LogP contribution in [0.4, 0.5) is 0 Å². The number of hydrogen-bond acceptors (Lipinski definition) is 3. The highest BCUT2D eigenvalue weighted by atomic mass is 16.5. The summed E-state index contributed by atoms with van der Waals surface area (Å²) in [5.74, 6) is 0. The Balaban J connectivity index is 3.44. The van der Waals surface area contributed by atoms with Crippen molar-refractivity contribution in [1.82, 2.24) is 5.32 Å². The van der Waals surface area contributed by atoms with Gasteiger partial charge in [0.25, 0.3) is 0 Å². The van der Waals surface area contributed by atoms with Crippen molar-refractivity contribution in [1.29, 1.82) is 0 Å². The van der Waals surface area contributed by atoms with Gasteiger partial charge in [-0.1, -0.05) is 6.92 Å². The van der Waals surface area contributed by atoms with Gasteiger partial charge in [0.05, 0.1) is 0 Å². The molecule has 0 fully saturated rings. The van der Waals surface area contributed by atoms with Crippen molar-refractivity contribution < 1.29 is 9.47 Å². The molecule has 3 heteroatoms. The predicted octanol–water partition coefficient (Wildman–Crippen LogP) is 1.82. The molecule has 0 aromatic heterocycles. The summed E-state index contributed by atoms with van der Waals surface area (Å²) in [6.45, 7) is 7.75. The molecule has 0 saturated heterocycles. The maximum Gasteiger partial charge on any atom is 0.0480 e. The van der Waals surface area contributed by atoms with E-state index < -0.39 is 0 Å². The molecule has 0 saturated carbocycles. The van der Waals surface area contributed by atoms with Gasteiger partial charge in [-0.05, 0) is 32.7 Å². The molecule has 0 radical (unpaired) electrons. The van der Waals surface area contributed by atoms with E-state index in [2.05, 4.69) is 12.2 Å². The molecule has 0 heterocycles. The Morgan fingerprint density at radius 2 is 1.93 bits per heavy atom. The number of hydrogen-bond donors (Lipinski definition) is 1. The van der Waals surface area contributed by atoms with Crippen molar-refractivity contribution in [3.8, 4) is 0 Å². The smallest absolute Gasteiger partial charge is 0.0480 e. The molecule has 14 heavy (non-hydrogen) atoms. The van der Waals surface area contributed by atoms with Crippen LogP contribution in [-0.4, -0.2) is 39.5 Å². The molecule has 0 rings (SSSR count). The fourth-order valence-electron chi connectivity index (χ4n) is 1.48. The Morgan fingerprint density at radius 3 is 2.50 bits per heavy atom. The lowest BCUT2D eigenvalue weighted by Crippen LogP contribution is -2.30. The van der Waals surface area contributed by atoms with Crippen molar-refractivity contribution in [3.05, 3.63) is 0 Å². The molecule has 0 aliphatic rings. The Kier molecular flexibility index (Phi) is 10.9. The molecule has 0 amide bonds. The minimum Gasteiger partial charge on any atom is -0.385 e. The normalized spacial score (nSPS) is 13.1. The second-order valence-electron chi connectivity index (χ2n) is 3.38. The number of rotatable bonds is 10. The molecule has 0 aliphatic heterocycles. The third-order valence-corrected chi connectivity index (χ3v) is 2.21. The van der Waals surface area contributed by atoms with Gasteiger partial charge in [-0.15, -0.1) is 0 Å². The number of ether oxygens (including phenoxy) is 2. The zero-order valence-electron chi connectivity index (χ0n) is 9.84. The molecule has 0 aromatic rings. The molecule has 1 unspecified atom stereocenters. The maximum atomic E-state index is 5.35. The minimum atomic E-state index is 0.585. The fraction of sp³-hybridized carbons (Fsp3) is 1.00. The highest BCUT2D eigenvalue weighted by Crippen LogP contribution is 2.02. The van der Waals surface area contributed by atoms with Crippen molar-refractivity contribution in [2.24, 2.45) is 0 Å². The van der Waals surface area contributed by atoms with Gasteiger partial charge in [-0.2, -0.15) is 0 Å². The van der Waals surface area contributed by atoms with Gasteiger partial charge in [0.15, 0.2) is 0 Å². The van der Waals surface area contributed by atoms with E-state index >= 15 is 0 Å². The van der Waals surface area contributed by atoms with E-state index in [1.54, 1.807) is 7.11 Å². The molecule has 0 aromatic carbocycles. The van der Waals surface area contributed by atoms with Crippen LogP contribution in [0.25, 0.3) is 0 Å². The number of methoxy groups -OCH3 is 1. The summed E-state index contributed by atoms with van der Waals surface area (Å²) >= 11 is 0. The largest absolute Gasteiger partial charge is 0.385 e. The van der Waals surface area contributed by atoms with Crippen LogP contribution in [-0.2, 0) is 9.47 Å². The van der Waals surface area contributed by atoms with E-state index in [-0.39, 0.29) is 0 Å². The van der Waals surface area contributed by atoms with E-state index in [4.69, 9.17) is 9.47 Å². The molecule has 86 valence electrons. The molecule has 1 N–H and O–H groups in total. The molecular weight excluding hydrogens is 178 g/mol. The minimum absolute atomic E-state index is 0.585. The Morgan fingerprint density at radius 1 is 1.14 bits per heavy atom. The summed E-state index contributed by atoms with van der Waals surface area (Å²) in [6.07, 6.45) is 3.40. The maximum absolute atomic E-state index is 5.35. The summed E-state index contributed by atoms with van der Waals surface area (Å²) < 4.78 is 10.4. The predicted molar refractivity (Wildman–Crippen MR) is 59.7 cm³/mol. The first kappa shape index (κ1) is 13.9. The number of nitrogens with one attached hydrogen (secondary N) is 1.